The molecule has 0 atom stereocenters. The molecule has 2 fully saturated rings. The van der Waals surface area contributed by atoms with Crippen molar-refractivity contribution in [3.8, 4) is 0 Å². The van der Waals surface area contributed by atoms with Crippen LogP contribution in [0.3, 0.4) is 0 Å². The Bertz CT molecular complexity index is 269. The Hall–Kier alpha value is -0.610. The average Bonchev–Trinajstić information content (AvgIpc) is 3.15. The lowest BCUT2D eigenvalue weighted by Crippen LogP contribution is -2.41. The number of carbonyl (C=O) groups excluding carboxylic acids is 1. The average molecular weight is 254 g/mol. The molecule has 2 aliphatic carbocycles. The van der Waals surface area contributed by atoms with Crippen LogP contribution in [0.25, 0.3) is 0 Å². The highest BCUT2D eigenvalue weighted by Crippen LogP contribution is 2.44. The minimum Gasteiger partial charge on any atom is -0.396 e. The van der Waals surface area contributed by atoms with Crippen molar-refractivity contribution >= 4 is 5.91 Å². The van der Waals surface area contributed by atoms with Gasteiger partial charge in [-0.2, -0.15) is 0 Å². The fraction of sp³-hybridized carbons (Fsp3) is 0.929. The number of aliphatic hydroxyl groups is 1. The summed E-state index contributed by atoms with van der Waals surface area (Å²) in [6.45, 7) is 1.39. The zero-order valence-corrected chi connectivity index (χ0v) is 11.2. The van der Waals surface area contributed by atoms with Crippen LogP contribution < -0.4 is 10.6 Å². The molecule has 0 aromatic heterocycles. The molecule has 2 aliphatic rings. The van der Waals surface area contributed by atoms with E-state index in [4.69, 9.17) is 0 Å². The van der Waals surface area contributed by atoms with Gasteiger partial charge in [0.05, 0.1) is 6.54 Å². The number of carbonyl (C=O) groups is 1. The molecule has 0 aromatic carbocycles. The van der Waals surface area contributed by atoms with E-state index in [-0.39, 0.29) is 17.9 Å². The van der Waals surface area contributed by atoms with Crippen LogP contribution in [0.4, 0.5) is 0 Å². The Morgan fingerprint density at radius 1 is 1.17 bits per heavy atom. The SMILES string of the molecule is O=C(CNCC1(CO)CC1)NC1CCCCCC1. The van der Waals surface area contributed by atoms with Crippen LogP contribution in [0.1, 0.15) is 51.4 Å². The highest BCUT2D eigenvalue weighted by atomic mass is 16.3. The molecular weight excluding hydrogens is 228 g/mol. The summed E-state index contributed by atoms with van der Waals surface area (Å²) >= 11 is 0. The van der Waals surface area contributed by atoms with Crippen molar-refractivity contribution in [2.24, 2.45) is 5.41 Å². The minimum atomic E-state index is 0.0859. The van der Waals surface area contributed by atoms with Gasteiger partial charge >= 0.3 is 0 Å². The van der Waals surface area contributed by atoms with Crippen LogP contribution in [0.5, 0.6) is 0 Å². The zero-order valence-electron chi connectivity index (χ0n) is 11.2. The van der Waals surface area contributed by atoms with E-state index in [0.29, 0.717) is 12.6 Å². The van der Waals surface area contributed by atoms with Gasteiger partial charge in [0, 0.05) is 24.6 Å². The topological polar surface area (TPSA) is 61.4 Å². The molecular formula is C14H26N2O2. The molecule has 0 radical (unpaired) electrons. The van der Waals surface area contributed by atoms with Gasteiger partial charge in [0.1, 0.15) is 0 Å². The summed E-state index contributed by atoms with van der Waals surface area (Å²) in [4.78, 5) is 11.8. The first-order chi connectivity index (χ1) is 8.74. The second kappa shape index (κ2) is 6.53. The number of amides is 1. The van der Waals surface area contributed by atoms with E-state index in [1.54, 1.807) is 0 Å². The largest absolute Gasteiger partial charge is 0.396 e. The first-order valence-corrected chi connectivity index (χ1v) is 7.35. The van der Waals surface area contributed by atoms with E-state index >= 15 is 0 Å². The van der Waals surface area contributed by atoms with Gasteiger partial charge in [0.15, 0.2) is 0 Å². The van der Waals surface area contributed by atoms with E-state index in [9.17, 15) is 9.90 Å². The fourth-order valence-electron chi connectivity index (χ4n) is 2.71. The highest BCUT2D eigenvalue weighted by Gasteiger charge is 2.41. The maximum atomic E-state index is 11.8. The molecule has 1 amide bonds. The molecule has 2 rings (SSSR count). The van der Waals surface area contributed by atoms with Crippen LogP contribution >= 0.6 is 0 Å². The summed E-state index contributed by atoms with van der Waals surface area (Å²) in [5.41, 5.74) is 0.0859. The second-order valence-corrected chi connectivity index (χ2v) is 6.02. The molecule has 104 valence electrons. The smallest absolute Gasteiger partial charge is 0.234 e. The Morgan fingerprint density at radius 3 is 2.39 bits per heavy atom. The third kappa shape index (κ3) is 4.25. The molecule has 18 heavy (non-hydrogen) atoms. The molecule has 2 saturated carbocycles. The van der Waals surface area contributed by atoms with Gasteiger partial charge in [0.25, 0.3) is 0 Å². The lowest BCUT2D eigenvalue weighted by atomic mass is 10.1. The first kappa shape index (κ1) is 13.8. The van der Waals surface area contributed by atoms with Crippen LogP contribution in [-0.2, 0) is 4.79 Å². The van der Waals surface area contributed by atoms with Gasteiger partial charge in [0.2, 0.25) is 5.91 Å². The van der Waals surface area contributed by atoms with Crippen LogP contribution in [0, 0.1) is 5.41 Å². The normalized spacial score (nSPS) is 23.4. The molecule has 0 heterocycles. The van der Waals surface area contributed by atoms with Gasteiger partial charge in [-0.05, 0) is 25.7 Å². The van der Waals surface area contributed by atoms with E-state index < -0.39 is 0 Å². The number of hydrogen-bond acceptors (Lipinski definition) is 3. The summed E-state index contributed by atoms with van der Waals surface area (Å²) in [5.74, 6) is 0.107. The van der Waals surface area contributed by atoms with Crippen LogP contribution in [0.15, 0.2) is 0 Å². The van der Waals surface area contributed by atoms with E-state index in [0.717, 1.165) is 32.2 Å². The summed E-state index contributed by atoms with van der Waals surface area (Å²) in [5, 5.41) is 15.5. The molecule has 0 saturated heterocycles. The highest BCUT2D eigenvalue weighted by molar-refractivity contribution is 5.78. The molecule has 0 unspecified atom stereocenters. The molecule has 0 spiro atoms. The number of rotatable bonds is 6. The first-order valence-electron chi connectivity index (χ1n) is 7.35. The summed E-state index contributed by atoms with van der Waals surface area (Å²) in [7, 11) is 0. The van der Waals surface area contributed by atoms with E-state index in [2.05, 4.69) is 10.6 Å². The van der Waals surface area contributed by atoms with Crippen molar-refractivity contribution < 1.29 is 9.90 Å². The molecule has 3 N–H and O–H groups in total. The summed E-state index contributed by atoms with van der Waals surface area (Å²) in [6, 6.07) is 0.384. The van der Waals surface area contributed by atoms with Crippen molar-refractivity contribution in [2.75, 3.05) is 19.7 Å². The van der Waals surface area contributed by atoms with E-state index in [1.807, 2.05) is 0 Å². The third-order valence-electron chi connectivity index (χ3n) is 4.30. The Morgan fingerprint density at radius 2 is 1.83 bits per heavy atom. The maximum absolute atomic E-state index is 11.8. The Balaban J connectivity index is 1.59. The van der Waals surface area contributed by atoms with Crippen molar-refractivity contribution in [1.82, 2.24) is 10.6 Å². The molecule has 0 bridgehead atoms. The van der Waals surface area contributed by atoms with Gasteiger partial charge in [-0.1, -0.05) is 25.7 Å². The van der Waals surface area contributed by atoms with Crippen molar-refractivity contribution in [2.45, 2.75) is 57.4 Å². The predicted molar refractivity (Wildman–Crippen MR) is 71.3 cm³/mol. The van der Waals surface area contributed by atoms with Gasteiger partial charge in [-0.25, -0.2) is 0 Å². The Kier molecular flexibility index (Phi) is 5.01. The molecule has 0 aliphatic heterocycles. The van der Waals surface area contributed by atoms with E-state index in [1.165, 1.54) is 25.7 Å². The summed E-state index contributed by atoms with van der Waals surface area (Å²) in [6.07, 6.45) is 9.53. The number of aliphatic hydroxyl groups excluding tert-OH is 1. The van der Waals surface area contributed by atoms with Crippen molar-refractivity contribution in [3.05, 3.63) is 0 Å². The standard InChI is InChI=1S/C14H26N2O2/c17-11-14(7-8-14)10-15-9-13(18)16-12-5-3-1-2-4-6-12/h12,15,17H,1-11H2,(H,16,18). The van der Waals surface area contributed by atoms with Crippen molar-refractivity contribution in [1.29, 1.82) is 0 Å². The van der Waals surface area contributed by atoms with Crippen LogP contribution in [-0.4, -0.2) is 36.8 Å². The third-order valence-corrected chi connectivity index (χ3v) is 4.30. The molecule has 4 heteroatoms. The van der Waals surface area contributed by atoms with Gasteiger partial charge in [-0.3, -0.25) is 4.79 Å². The minimum absolute atomic E-state index is 0.0859. The quantitative estimate of drug-likeness (QED) is 0.624. The summed E-state index contributed by atoms with van der Waals surface area (Å²) < 4.78 is 0. The Labute approximate surface area is 110 Å². The fourth-order valence-corrected chi connectivity index (χ4v) is 2.71. The van der Waals surface area contributed by atoms with Gasteiger partial charge < -0.3 is 15.7 Å². The van der Waals surface area contributed by atoms with Crippen molar-refractivity contribution in [3.63, 3.8) is 0 Å². The molecule has 0 aromatic rings. The zero-order chi connectivity index (χ0) is 12.8. The predicted octanol–water partition coefficient (Wildman–Crippen LogP) is 1.19. The maximum Gasteiger partial charge on any atom is 0.234 e. The van der Waals surface area contributed by atoms with Crippen LogP contribution in [0.2, 0.25) is 0 Å². The van der Waals surface area contributed by atoms with Gasteiger partial charge in [-0.15, -0.1) is 0 Å². The lowest BCUT2D eigenvalue weighted by molar-refractivity contribution is -0.121. The number of nitrogens with one attached hydrogen (secondary N) is 2. The second-order valence-electron chi connectivity index (χ2n) is 6.02. The molecule has 4 nitrogen and oxygen atoms in total. The number of hydrogen-bond donors (Lipinski definition) is 3. The monoisotopic (exact) mass is 254 g/mol. The lowest BCUT2D eigenvalue weighted by Gasteiger charge is -2.17.